The van der Waals surface area contributed by atoms with Crippen molar-refractivity contribution >= 4 is 0 Å². The minimum atomic E-state index is -0.108. The van der Waals surface area contributed by atoms with Crippen LogP contribution in [0.2, 0.25) is 0 Å². The number of aliphatic hydroxyl groups excluding tert-OH is 1. The Morgan fingerprint density at radius 2 is 2.06 bits per heavy atom. The maximum absolute atomic E-state index is 10.3. The van der Waals surface area contributed by atoms with Crippen LogP contribution in [-0.4, -0.2) is 36.5 Å². The summed E-state index contributed by atoms with van der Waals surface area (Å²) in [4.78, 5) is 0. The number of nitrogens with one attached hydrogen (secondary N) is 1. The predicted molar refractivity (Wildman–Crippen MR) is 131 cm³/mol. The van der Waals surface area contributed by atoms with Gasteiger partial charge in [0.05, 0.1) is 17.8 Å². The van der Waals surface area contributed by atoms with E-state index in [0.717, 1.165) is 43.6 Å². The molecule has 32 heavy (non-hydrogen) atoms. The van der Waals surface area contributed by atoms with Crippen molar-refractivity contribution in [3.8, 4) is 0 Å². The summed E-state index contributed by atoms with van der Waals surface area (Å²) in [5.74, 6) is 3.70. The van der Waals surface area contributed by atoms with Gasteiger partial charge in [-0.25, -0.2) is 0 Å². The maximum Gasteiger partial charge on any atom is 0.0749 e. The van der Waals surface area contributed by atoms with Gasteiger partial charge in [-0.3, -0.25) is 0 Å². The second-order valence-electron chi connectivity index (χ2n) is 12.7. The second kappa shape index (κ2) is 8.54. The minimum Gasteiger partial charge on any atom is -0.393 e. The third-order valence-electron chi connectivity index (χ3n) is 10.7. The third-order valence-corrected chi connectivity index (χ3v) is 10.7. The van der Waals surface area contributed by atoms with Gasteiger partial charge in [-0.05, 0) is 120 Å². The Bertz CT molecular complexity index is 786. The van der Waals surface area contributed by atoms with Crippen LogP contribution in [0.15, 0.2) is 22.8 Å². The summed E-state index contributed by atoms with van der Waals surface area (Å²) in [5.41, 5.74) is 5.45. The highest BCUT2D eigenvalue weighted by Crippen LogP contribution is 2.63. The van der Waals surface area contributed by atoms with Crippen LogP contribution < -0.4 is 5.32 Å². The van der Waals surface area contributed by atoms with Crippen molar-refractivity contribution in [2.45, 2.75) is 110 Å². The molecule has 5 rings (SSSR count). The Morgan fingerprint density at radius 1 is 1.25 bits per heavy atom. The molecule has 3 fully saturated rings. The number of allylic oxidation sites excluding steroid dienone is 2. The van der Waals surface area contributed by atoms with Gasteiger partial charge in [-0.1, -0.05) is 43.6 Å². The van der Waals surface area contributed by atoms with Gasteiger partial charge in [0.1, 0.15) is 0 Å². The minimum absolute atomic E-state index is 0.0788. The lowest BCUT2D eigenvalue weighted by Gasteiger charge is -2.49. The van der Waals surface area contributed by atoms with Crippen LogP contribution in [-0.2, 0) is 4.74 Å². The van der Waals surface area contributed by atoms with Gasteiger partial charge >= 0.3 is 0 Å². The van der Waals surface area contributed by atoms with Crippen LogP contribution in [0.3, 0.4) is 0 Å². The van der Waals surface area contributed by atoms with E-state index in [-0.39, 0.29) is 11.7 Å². The van der Waals surface area contributed by atoms with E-state index in [1.54, 1.807) is 11.1 Å². The van der Waals surface area contributed by atoms with Gasteiger partial charge in [0, 0.05) is 0 Å². The van der Waals surface area contributed by atoms with Crippen molar-refractivity contribution in [3.05, 3.63) is 22.8 Å². The number of aliphatic hydroxyl groups is 1. The molecule has 0 aromatic carbocycles. The molecule has 2 saturated carbocycles. The summed E-state index contributed by atoms with van der Waals surface area (Å²) in [5, 5.41) is 13.6. The summed E-state index contributed by atoms with van der Waals surface area (Å²) < 4.78 is 6.99. The smallest absolute Gasteiger partial charge is 0.0749 e. The van der Waals surface area contributed by atoms with E-state index in [0.29, 0.717) is 23.4 Å². The number of hydrogen-bond acceptors (Lipinski definition) is 3. The Kier molecular flexibility index (Phi) is 6.17. The summed E-state index contributed by atoms with van der Waals surface area (Å²) in [6, 6.07) is 0. The molecule has 9 atom stereocenters. The molecular weight excluding hydrogens is 394 g/mol. The zero-order chi connectivity index (χ0) is 22.7. The van der Waals surface area contributed by atoms with E-state index < -0.39 is 0 Å². The molecule has 0 bridgehead atoms. The van der Waals surface area contributed by atoms with E-state index in [1.165, 1.54) is 44.9 Å². The fourth-order valence-electron chi connectivity index (χ4n) is 8.92. The largest absolute Gasteiger partial charge is 0.393 e. The number of rotatable bonds is 4. The molecule has 3 heteroatoms. The zero-order valence-electron chi connectivity index (χ0n) is 21.3. The molecule has 3 nitrogen and oxygen atoms in total. The van der Waals surface area contributed by atoms with E-state index in [4.69, 9.17) is 4.74 Å². The molecule has 0 radical (unpaired) electrons. The highest BCUT2D eigenvalue weighted by Gasteiger charge is 2.55. The molecule has 0 unspecified atom stereocenters. The maximum atomic E-state index is 10.3. The second-order valence-corrected chi connectivity index (χ2v) is 12.7. The molecule has 5 aliphatic rings. The van der Waals surface area contributed by atoms with E-state index >= 15 is 0 Å². The zero-order valence-corrected chi connectivity index (χ0v) is 21.3. The van der Waals surface area contributed by atoms with Gasteiger partial charge < -0.3 is 15.2 Å². The molecule has 0 amide bonds. The Morgan fingerprint density at radius 3 is 2.84 bits per heavy atom. The van der Waals surface area contributed by atoms with Gasteiger partial charge in [0.25, 0.3) is 0 Å². The molecule has 1 heterocycles. The molecule has 1 saturated heterocycles. The summed E-state index contributed by atoms with van der Waals surface area (Å²) >= 11 is 0. The van der Waals surface area contributed by atoms with Gasteiger partial charge in [0.15, 0.2) is 0 Å². The van der Waals surface area contributed by atoms with Crippen LogP contribution >= 0.6 is 0 Å². The van der Waals surface area contributed by atoms with E-state index in [2.05, 4.69) is 46.1 Å². The molecule has 180 valence electrons. The first-order valence-electron chi connectivity index (χ1n) is 13.6. The predicted octanol–water partition coefficient (Wildman–Crippen LogP) is 6.03. The summed E-state index contributed by atoms with van der Waals surface area (Å²) in [7, 11) is 2.06. The molecule has 2 N–H and O–H groups in total. The first kappa shape index (κ1) is 23.1. The third kappa shape index (κ3) is 3.75. The van der Waals surface area contributed by atoms with Crippen molar-refractivity contribution in [2.24, 2.45) is 35.0 Å². The lowest BCUT2D eigenvalue weighted by molar-refractivity contribution is -0.0689. The first-order valence-corrected chi connectivity index (χ1v) is 13.6. The van der Waals surface area contributed by atoms with Crippen LogP contribution in [0.4, 0.5) is 0 Å². The van der Waals surface area contributed by atoms with Crippen LogP contribution in [0.1, 0.15) is 91.9 Å². The van der Waals surface area contributed by atoms with Gasteiger partial charge in [-0.15, -0.1) is 0 Å². The molecule has 1 aliphatic heterocycles. The highest BCUT2D eigenvalue weighted by atomic mass is 16.5. The SMILES string of the molecule is CNC[C@@H](C)C[C@@H]1C[C@@H](C)[C@@]2(CC[C@@H]3C(=C(C)C2)C[C@H]2[C@H]3CC=C3C[C@@H](O)CC[C@@]32C)O1. The highest BCUT2D eigenvalue weighted by molar-refractivity contribution is 5.33. The Balaban J connectivity index is 1.35. The molecular formula is C29H47NO2. The van der Waals surface area contributed by atoms with Crippen LogP contribution in [0.5, 0.6) is 0 Å². The van der Waals surface area contributed by atoms with Crippen molar-refractivity contribution in [1.29, 1.82) is 0 Å². The van der Waals surface area contributed by atoms with E-state index in [9.17, 15) is 5.11 Å². The van der Waals surface area contributed by atoms with Gasteiger partial charge in [0.2, 0.25) is 0 Å². The van der Waals surface area contributed by atoms with Gasteiger partial charge in [-0.2, -0.15) is 0 Å². The summed E-state index contributed by atoms with van der Waals surface area (Å²) in [6.07, 6.45) is 14.6. The van der Waals surface area contributed by atoms with Crippen molar-refractivity contribution in [3.63, 3.8) is 0 Å². The number of ether oxygens (including phenoxy) is 1. The lowest BCUT2D eigenvalue weighted by atomic mass is 9.56. The topological polar surface area (TPSA) is 41.5 Å². The monoisotopic (exact) mass is 441 g/mol. The van der Waals surface area contributed by atoms with Crippen LogP contribution in [0, 0.1) is 35.0 Å². The number of fused-ring (bicyclic) bond motifs is 5. The van der Waals surface area contributed by atoms with Crippen molar-refractivity contribution in [2.75, 3.05) is 13.6 Å². The lowest BCUT2D eigenvalue weighted by Crippen LogP contribution is -2.41. The number of hydrogen-bond donors (Lipinski definition) is 2. The molecule has 1 spiro atoms. The fourth-order valence-corrected chi connectivity index (χ4v) is 8.92. The average Bonchev–Trinajstić information content (AvgIpc) is 3.21. The van der Waals surface area contributed by atoms with E-state index in [1.807, 2.05) is 5.57 Å². The molecule has 0 aromatic rings. The average molecular weight is 442 g/mol. The quantitative estimate of drug-likeness (QED) is 0.523. The van der Waals surface area contributed by atoms with Crippen LogP contribution in [0.25, 0.3) is 0 Å². The standard InChI is InChI=1S/C29H47NO2/c1-18(17-30-5)12-23-13-20(3)29(32-23)11-9-24-25-7-6-21-14-22(31)8-10-28(21,4)27(25)15-26(24)19(2)16-29/h6,18,20,22-25,27,30-31H,7-17H2,1-5H3/t18-,20+,22-,23+,24-,25-,27-,28-,29-/m0/s1. The normalized spacial score (nSPS) is 47.0. The Hall–Kier alpha value is -0.640. The molecule has 0 aromatic heterocycles. The van der Waals surface area contributed by atoms with Crippen molar-refractivity contribution in [1.82, 2.24) is 5.32 Å². The summed E-state index contributed by atoms with van der Waals surface area (Å²) in [6.45, 7) is 10.9. The fraction of sp³-hybridized carbons (Fsp3) is 0.862. The van der Waals surface area contributed by atoms with Crippen molar-refractivity contribution < 1.29 is 9.84 Å². The Labute approximate surface area is 196 Å². The molecule has 4 aliphatic carbocycles. The first-order chi connectivity index (χ1) is 15.3.